The van der Waals surface area contributed by atoms with Crippen LogP contribution in [0.2, 0.25) is 0 Å². The third-order valence-corrected chi connectivity index (χ3v) is 2.64. The van der Waals surface area contributed by atoms with E-state index >= 15 is 0 Å². The van der Waals surface area contributed by atoms with Crippen LogP contribution < -0.4 is 0 Å². The third kappa shape index (κ3) is 2.25. The Morgan fingerprint density at radius 1 is 1.54 bits per heavy atom. The molecule has 0 spiro atoms. The molecule has 3 nitrogen and oxygen atoms in total. The largest absolute Gasteiger partial charge is 0.306 e. The number of nitrogens with zero attached hydrogens (tertiary/aromatic N) is 1. The normalized spacial score (nSPS) is 10.1. The molecule has 13 heavy (non-hydrogen) atoms. The van der Waals surface area contributed by atoms with Crippen molar-refractivity contribution >= 4 is 37.5 Å². The summed E-state index contributed by atoms with van der Waals surface area (Å²) in [6.07, 6.45) is 0. The van der Waals surface area contributed by atoms with E-state index in [9.17, 15) is 14.5 Å². The van der Waals surface area contributed by atoms with Gasteiger partial charge in [-0.05, 0) is 27.6 Å². The van der Waals surface area contributed by atoms with E-state index in [0.717, 1.165) is 0 Å². The first-order chi connectivity index (χ1) is 6.06. The van der Waals surface area contributed by atoms with Gasteiger partial charge in [0.2, 0.25) is 5.82 Å². The van der Waals surface area contributed by atoms with Crippen molar-refractivity contribution in [2.45, 2.75) is 5.33 Å². The zero-order valence-electron chi connectivity index (χ0n) is 6.26. The number of hydrogen-bond acceptors (Lipinski definition) is 2. The van der Waals surface area contributed by atoms with Crippen LogP contribution in [0.1, 0.15) is 5.56 Å². The maximum Gasteiger partial charge on any atom is 0.306 e. The highest BCUT2D eigenvalue weighted by molar-refractivity contribution is 9.10. The van der Waals surface area contributed by atoms with Gasteiger partial charge in [0.25, 0.3) is 0 Å². The maximum absolute atomic E-state index is 13.1. The first-order valence-corrected chi connectivity index (χ1v) is 5.16. The van der Waals surface area contributed by atoms with Crippen LogP contribution in [-0.4, -0.2) is 4.92 Å². The predicted octanol–water partition coefficient (Wildman–Crippen LogP) is 3.39. The van der Waals surface area contributed by atoms with Crippen LogP contribution >= 0.6 is 31.9 Å². The van der Waals surface area contributed by atoms with Crippen LogP contribution in [0.15, 0.2) is 16.6 Å². The molecule has 0 saturated carbocycles. The van der Waals surface area contributed by atoms with Crippen LogP contribution in [-0.2, 0) is 5.33 Å². The topological polar surface area (TPSA) is 43.1 Å². The standard InChI is InChI=1S/C7H4Br2FNO2/c8-3-4-1-5(9)7(10)6(2-4)11(12)13/h1-2H,3H2. The van der Waals surface area contributed by atoms with Crippen molar-refractivity contribution in [1.82, 2.24) is 0 Å². The molecule has 0 saturated heterocycles. The van der Waals surface area contributed by atoms with Gasteiger partial charge in [-0.1, -0.05) is 15.9 Å². The number of halogens is 3. The fraction of sp³-hybridized carbons (Fsp3) is 0.143. The minimum absolute atomic E-state index is 0.108. The second kappa shape index (κ2) is 4.15. The molecule has 0 atom stereocenters. The van der Waals surface area contributed by atoms with Crippen molar-refractivity contribution in [2.75, 3.05) is 0 Å². The van der Waals surface area contributed by atoms with Crippen molar-refractivity contribution in [3.05, 3.63) is 38.1 Å². The molecule has 1 aromatic carbocycles. The summed E-state index contributed by atoms with van der Waals surface area (Å²) in [6.45, 7) is 0. The van der Waals surface area contributed by atoms with Gasteiger partial charge in [0, 0.05) is 11.4 Å². The summed E-state index contributed by atoms with van der Waals surface area (Å²) >= 11 is 6.04. The van der Waals surface area contributed by atoms with Crippen molar-refractivity contribution < 1.29 is 9.31 Å². The molecule has 0 N–H and O–H groups in total. The Labute approximate surface area is 90.3 Å². The van der Waals surface area contributed by atoms with Gasteiger partial charge >= 0.3 is 5.69 Å². The minimum atomic E-state index is -0.838. The van der Waals surface area contributed by atoms with Crippen molar-refractivity contribution in [3.63, 3.8) is 0 Å². The summed E-state index contributed by atoms with van der Waals surface area (Å²) in [5.74, 6) is -0.838. The molecule has 0 unspecified atom stereocenters. The summed E-state index contributed by atoms with van der Waals surface area (Å²) < 4.78 is 13.2. The van der Waals surface area contributed by atoms with E-state index in [4.69, 9.17) is 0 Å². The zero-order valence-corrected chi connectivity index (χ0v) is 9.43. The summed E-state index contributed by atoms with van der Waals surface area (Å²) in [4.78, 5) is 9.63. The van der Waals surface area contributed by atoms with Crippen LogP contribution in [0.25, 0.3) is 0 Å². The average Bonchev–Trinajstić information content (AvgIpc) is 2.09. The van der Waals surface area contributed by atoms with E-state index in [2.05, 4.69) is 31.9 Å². The lowest BCUT2D eigenvalue weighted by molar-refractivity contribution is -0.387. The van der Waals surface area contributed by atoms with Gasteiger partial charge in [0.1, 0.15) is 0 Å². The highest BCUT2D eigenvalue weighted by Gasteiger charge is 2.17. The lowest BCUT2D eigenvalue weighted by Gasteiger charge is -1.99. The van der Waals surface area contributed by atoms with Gasteiger partial charge < -0.3 is 0 Å². The monoisotopic (exact) mass is 311 g/mol. The quantitative estimate of drug-likeness (QED) is 0.477. The second-order valence-electron chi connectivity index (χ2n) is 2.30. The number of benzene rings is 1. The van der Waals surface area contributed by atoms with E-state index in [1.165, 1.54) is 12.1 Å². The Balaban J connectivity index is 3.33. The van der Waals surface area contributed by atoms with Gasteiger partial charge in [-0.3, -0.25) is 10.1 Å². The molecule has 0 bridgehead atoms. The highest BCUT2D eigenvalue weighted by atomic mass is 79.9. The van der Waals surface area contributed by atoms with E-state index < -0.39 is 16.4 Å². The molecule has 0 radical (unpaired) electrons. The zero-order chi connectivity index (χ0) is 10.0. The Bertz CT molecular complexity index is 357. The average molecular weight is 313 g/mol. The summed E-state index contributed by atoms with van der Waals surface area (Å²) in [6, 6.07) is 2.70. The van der Waals surface area contributed by atoms with Crippen molar-refractivity contribution in [3.8, 4) is 0 Å². The lowest BCUT2D eigenvalue weighted by atomic mass is 10.2. The van der Waals surface area contributed by atoms with Crippen LogP contribution in [0.4, 0.5) is 10.1 Å². The fourth-order valence-electron chi connectivity index (χ4n) is 0.839. The second-order valence-corrected chi connectivity index (χ2v) is 3.72. The number of nitro groups is 1. The lowest BCUT2D eigenvalue weighted by Crippen LogP contribution is -1.95. The molecule has 1 rings (SSSR count). The molecule has 70 valence electrons. The molecule has 0 aliphatic rings. The Morgan fingerprint density at radius 3 is 2.62 bits per heavy atom. The molecular formula is C7H4Br2FNO2. The number of alkyl halides is 1. The first-order valence-electron chi connectivity index (χ1n) is 3.24. The van der Waals surface area contributed by atoms with Crippen LogP contribution in [0, 0.1) is 15.9 Å². The molecule has 0 aliphatic carbocycles. The molecule has 1 aromatic rings. The number of rotatable bonds is 2. The summed E-state index contributed by atoms with van der Waals surface area (Å²) in [5.41, 5.74) is 0.142. The molecule has 0 amide bonds. The minimum Gasteiger partial charge on any atom is -0.258 e. The molecule has 0 fully saturated rings. The summed E-state index contributed by atoms with van der Waals surface area (Å²) in [5, 5.41) is 10.8. The molecule has 0 heterocycles. The number of hydrogen-bond donors (Lipinski definition) is 0. The van der Waals surface area contributed by atoms with Crippen LogP contribution in [0.3, 0.4) is 0 Å². The van der Waals surface area contributed by atoms with E-state index in [1.807, 2.05) is 0 Å². The van der Waals surface area contributed by atoms with E-state index in [-0.39, 0.29) is 4.47 Å². The highest BCUT2D eigenvalue weighted by Crippen LogP contribution is 2.27. The molecule has 6 heteroatoms. The van der Waals surface area contributed by atoms with Crippen molar-refractivity contribution in [1.29, 1.82) is 0 Å². The Kier molecular flexibility index (Phi) is 3.38. The van der Waals surface area contributed by atoms with Gasteiger partial charge in [0.05, 0.1) is 9.40 Å². The third-order valence-electron chi connectivity index (χ3n) is 1.42. The van der Waals surface area contributed by atoms with E-state index in [1.54, 1.807) is 0 Å². The van der Waals surface area contributed by atoms with E-state index in [0.29, 0.717) is 10.9 Å². The van der Waals surface area contributed by atoms with Gasteiger partial charge in [-0.15, -0.1) is 0 Å². The molecular weight excluding hydrogens is 309 g/mol. The van der Waals surface area contributed by atoms with Gasteiger partial charge in [-0.25, -0.2) is 0 Å². The number of nitro benzene ring substituents is 1. The Morgan fingerprint density at radius 2 is 2.15 bits per heavy atom. The predicted molar refractivity (Wildman–Crippen MR) is 53.4 cm³/mol. The van der Waals surface area contributed by atoms with Crippen molar-refractivity contribution in [2.24, 2.45) is 0 Å². The molecule has 0 aromatic heterocycles. The van der Waals surface area contributed by atoms with Gasteiger partial charge in [0.15, 0.2) is 0 Å². The molecule has 0 aliphatic heterocycles. The smallest absolute Gasteiger partial charge is 0.258 e. The Hall–Kier alpha value is -0.490. The van der Waals surface area contributed by atoms with Gasteiger partial charge in [-0.2, -0.15) is 4.39 Å². The maximum atomic E-state index is 13.1. The SMILES string of the molecule is O=[N+]([O-])c1cc(CBr)cc(Br)c1F. The summed E-state index contributed by atoms with van der Waals surface area (Å²) in [7, 11) is 0. The fourth-order valence-corrected chi connectivity index (χ4v) is 1.66. The van der Waals surface area contributed by atoms with Crippen LogP contribution in [0.5, 0.6) is 0 Å². The first kappa shape index (κ1) is 10.6.